The zero-order valence-corrected chi connectivity index (χ0v) is 26.9. The molecule has 1 aliphatic rings. The van der Waals surface area contributed by atoms with E-state index in [1.165, 1.54) is 26.7 Å². The highest BCUT2D eigenvalue weighted by Crippen LogP contribution is 2.26. The van der Waals surface area contributed by atoms with Crippen molar-refractivity contribution < 1.29 is 23.1 Å². The molecule has 12 heteroatoms. The van der Waals surface area contributed by atoms with Gasteiger partial charge >= 0.3 is 0 Å². The van der Waals surface area contributed by atoms with Crippen LogP contribution in [0.5, 0.6) is 0 Å². The summed E-state index contributed by atoms with van der Waals surface area (Å²) in [6, 6.07) is 12.8. The number of thiazole rings is 1. The van der Waals surface area contributed by atoms with E-state index in [1.54, 1.807) is 17.6 Å². The molecule has 43 heavy (non-hydrogen) atoms. The number of carbonyl (C=O) groups excluding carboxylic acids is 2. The topological polar surface area (TPSA) is 132 Å². The lowest BCUT2D eigenvalue weighted by molar-refractivity contribution is -0.149. The predicted molar refractivity (Wildman–Crippen MR) is 169 cm³/mol. The maximum atomic E-state index is 14.0. The number of fused-ring (bicyclic) bond motifs is 1. The molecule has 2 aromatic carbocycles. The van der Waals surface area contributed by atoms with E-state index < -0.39 is 28.2 Å². The van der Waals surface area contributed by atoms with Gasteiger partial charge in [0.25, 0.3) is 5.91 Å². The molecular formula is C31H43N5O5S2. The fourth-order valence-corrected chi connectivity index (χ4v) is 7.73. The van der Waals surface area contributed by atoms with Gasteiger partial charge in [-0.2, -0.15) is 4.31 Å². The normalized spacial score (nSPS) is 17.1. The van der Waals surface area contributed by atoms with E-state index in [4.69, 9.17) is 0 Å². The SMILES string of the molecule is CC(C)CC(=O)N(NC(=O)C1CCCN1)[C@@H](Cc1ccccc1)[C@H](O)CN(CC(C)C)S(=O)(=O)c1ccc2ncsc2c1. The van der Waals surface area contributed by atoms with Crippen molar-refractivity contribution in [3.63, 3.8) is 0 Å². The van der Waals surface area contributed by atoms with Crippen molar-refractivity contribution >= 4 is 43.4 Å². The summed E-state index contributed by atoms with van der Waals surface area (Å²) in [5.41, 5.74) is 6.05. The molecule has 0 aliphatic carbocycles. The highest BCUT2D eigenvalue weighted by atomic mass is 32.2. The molecule has 10 nitrogen and oxygen atoms in total. The molecule has 1 aliphatic heterocycles. The molecule has 0 spiro atoms. The molecule has 1 saturated heterocycles. The number of aliphatic hydroxyl groups excluding tert-OH is 1. The quantitative estimate of drug-likeness (QED) is 0.246. The summed E-state index contributed by atoms with van der Waals surface area (Å²) in [5.74, 6) is -0.710. The van der Waals surface area contributed by atoms with Crippen LogP contribution < -0.4 is 10.7 Å². The minimum atomic E-state index is -4.02. The van der Waals surface area contributed by atoms with Gasteiger partial charge in [0, 0.05) is 19.5 Å². The summed E-state index contributed by atoms with van der Waals surface area (Å²) in [6.45, 7) is 8.26. The van der Waals surface area contributed by atoms with Gasteiger partial charge in [0.1, 0.15) is 0 Å². The average Bonchev–Trinajstić information content (AvgIpc) is 3.66. The Morgan fingerprint density at radius 3 is 2.49 bits per heavy atom. The van der Waals surface area contributed by atoms with Crippen LogP contribution in [0.1, 0.15) is 52.5 Å². The summed E-state index contributed by atoms with van der Waals surface area (Å²) in [6.07, 6.45) is 0.554. The number of nitrogens with zero attached hydrogens (tertiary/aromatic N) is 3. The third-order valence-electron chi connectivity index (χ3n) is 7.42. The first-order chi connectivity index (χ1) is 20.5. The maximum absolute atomic E-state index is 14.0. The van der Waals surface area contributed by atoms with Gasteiger partial charge in [-0.1, -0.05) is 58.0 Å². The highest BCUT2D eigenvalue weighted by Gasteiger charge is 2.37. The highest BCUT2D eigenvalue weighted by molar-refractivity contribution is 7.89. The zero-order chi connectivity index (χ0) is 31.1. The number of rotatable bonds is 13. The van der Waals surface area contributed by atoms with Gasteiger partial charge < -0.3 is 10.4 Å². The van der Waals surface area contributed by atoms with Gasteiger partial charge in [0.2, 0.25) is 15.9 Å². The minimum absolute atomic E-state index is 0.00509. The lowest BCUT2D eigenvalue weighted by Gasteiger charge is -2.38. The van der Waals surface area contributed by atoms with Gasteiger partial charge in [-0.15, -0.1) is 11.3 Å². The number of aromatic nitrogens is 1. The smallest absolute Gasteiger partial charge is 0.255 e. The summed E-state index contributed by atoms with van der Waals surface area (Å²) in [7, 11) is -4.02. The van der Waals surface area contributed by atoms with Crippen LogP contribution in [0.15, 0.2) is 58.9 Å². The molecule has 2 heterocycles. The van der Waals surface area contributed by atoms with E-state index in [9.17, 15) is 23.1 Å². The lowest BCUT2D eigenvalue weighted by Crippen LogP contribution is -2.61. The molecular weight excluding hydrogens is 587 g/mol. The van der Waals surface area contributed by atoms with E-state index in [2.05, 4.69) is 15.7 Å². The van der Waals surface area contributed by atoms with Crippen LogP contribution in [-0.4, -0.2) is 77.5 Å². The van der Waals surface area contributed by atoms with Crippen molar-refractivity contribution in [2.45, 2.75) is 76.5 Å². The van der Waals surface area contributed by atoms with Crippen LogP contribution in [0, 0.1) is 11.8 Å². The lowest BCUT2D eigenvalue weighted by atomic mass is 9.99. The molecule has 3 N–H and O–H groups in total. The first-order valence-electron chi connectivity index (χ1n) is 14.9. The number of benzene rings is 2. The Labute approximate surface area is 258 Å². The number of hydrogen-bond donors (Lipinski definition) is 3. The van der Waals surface area contributed by atoms with Gasteiger partial charge in [0.15, 0.2) is 0 Å². The van der Waals surface area contributed by atoms with E-state index in [0.29, 0.717) is 18.5 Å². The summed E-state index contributed by atoms with van der Waals surface area (Å²) >= 11 is 1.36. The Morgan fingerprint density at radius 2 is 1.84 bits per heavy atom. The maximum Gasteiger partial charge on any atom is 0.255 e. The van der Waals surface area contributed by atoms with Crippen molar-refractivity contribution in [2.24, 2.45) is 11.8 Å². The number of hydrazine groups is 1. The van der Waals surface area contributed by atoms with Crippen LogP contribution in [0.4, 0.5) is 0 Å². The molecule has 0 saturated carbocycles. The Morgan fingerprint density at radius 1 is 1.09 bits per heavy atom. The van der Waals surface area contributed by atoms with Crippen LogP contribution in [0.25, 0.3) is 10.2 Å². The Kier molecular flexibility index (Phi) is 11.3. The van der Waals surface area contributed by atoms with Crippen LogP contribution in [0.2, 0.25) is 0 Å². The summed E-state index contributed by atoms with van der Waals surface area (Å²) in [4.78, 5) is 31.3. The summed E-state index contributed by atoms with van der Waals surface area (Å²) < 4.78 is 30.0. The largest absolute Gasteiger partial charge is 0.390 e. The van der Waals surface area contributed by atoms with Crippen molar-refractivity contribution in [2.75, 3.05) is 19.6 Å². The van der Waals surface area contributed by atoms with Crippen LogP contribution >= 0.6 is 11.3 Å². The monoisotopic (exact) mass is 629 g/mol. The molecule has 0 radical (unpaired) electrons. The molecule has 1 aromatic heterocycles. The summed E-state index contributed by atoms with van der Waals surface area (Å²) in [5, 5.41) is 16.3. The molecule has 2 amide bonds. The fraction of sp³-hybridized carbons (Fsp3) is 0.516. The molecule has 234 valence electrons. The van der Waals surface area contributed by atoms with Crippen molar-refractivity contribution in [1.82, 2.24) is 25.0 Å². The standard InChI is InChI=1S/C31H43N5O5S2/c1-21(2)15-30(38)36(34-31(39)26-11-8-14-32-26)27(16-23-9-6-5-7-10-23)28(37)19-35(18-22(3)4)43(40,41)24-12-13-25-29(17-24)42-20-33-25/h5-7,9-10,12-13,17,20-22,26-28,32,37H,8,11,14-16,18-19H2,1-4H3,(H,34,39)/t26?,27-,28+/m0/s1. The third kappa shape index (κ3) is 8.60. The van der Waals surface area contributed by atoms with Crippen molar-refractivity contribution in [3.8, 4) is 0 Å². The first-order valence-corrected chi connectivity index (χ1v) is 17.2. The number of aliphatic hydroxyl groups is 1. The van der Waals surface area contributed by atoms with Gasteiger partial charge in [-0.3, -0.25) is 15.0 Å². The molecule has 3 aromatic rings. The van der Waals surface area contributed by atoms with Gasteiger partial charge in [-0.25, -0.2) is 18.4 Å². The van der Waals surface area contributed by atoms with Crippen molar-refractivity contribution in [1.29, 1.82) is 0 Å². The Hall–Kier alpha value is -2.90. The Balaban J connectivity index is 1.69. The van der Waals surface area contributed by atoms with Crippen LogP contribution in [0.3, 0.4) is 0 Å². The first kappa shape index (κ1) is 33.0. The van der Waals surface area contributed by atoms with E-state index in [0.717, 1.165) is 16.7 Å². The van der Waals surface area contributed by atoms with Crippen molar-refractivity contribution in [3.05, 3.63) is 59.6 Å². The zero-order valence-electron chi connectivity index (χ0n) is 25.3. The second-order valence-corrected chi connectivity index (χ2v) is 14.8. The molecule has 1 unspecified atom stereocenters. The van der Waals surface area contributed by atoms with E-state index in [-0.39, 0.29) is 54.5 Å². The Bertz CT molecular complexity index is 1470. The van der Waals surface area contributed by atoms with E-state index >= 15 is 0 Å². The second kappa shape index (κ2) is 14.7. The molecule has 0 bridgehead atoms. The van der Waals surface area contributed by atoms with Gasteiger partial charge in [0.05, 0.1) is 38.8 Å². The molecule has 4 rings (SSSR count). The van der Waals surface area contributed by atoms with E-state index in [1.807, 2.05) is 58.0 Å². The number of sulfonamides is 1. The number of hydrogen-bond acceptors (Lipinski definition) is 8. The number of carbonyl (C=O) groups is 2. The number of amides is 2. The third-order valence-corrected chi connectivity index (χ3v) is 10.0. The predicted octanol–water partition coefficient (Wildman–Crippen LogP) is 3.57. The molecule has 1 fully saturated rings. The fourth-order valence-electron chi connectivity index (χ4n) is 5.29. The van der Waals surface area contributed by atoms with Crippen LogP contribution in [-0.2, 0) is 26.0 Å². The average molecular weight is 630 g/mol. The molecule has 3 atom stereocenters. The number of nitrogens with one attached hydrogen (secondary N) is 2. The second-order valence-electron chi connectivity index (χ2n) is 12.0. The van der Waals surface area contributed by atoms with Gasteiger partial charge in [-0.05, 0) is 61.4 Å². The minimum Gasteiger partial charge on any atom is -0.390 e.